The third kappa shape index (κ3) is 5.67. The highest BCUT2D eigenvalue weighted by molar-refractivity contribution is 5.79. The first kappa shape index (κ1) is 18.5. The minimum Gasteiger partial charge on any atom is -0.357 e. The maximum absolute atomic E-state index is 4.64. The number of piperazine rings is 1. The summed E-state index contributed by atoms with van der Waals surface area (Å²) in [7, 11) is 0. The SMILES string of the molecule is CCCNC(=NCc1ccc(N2CCN(CC)CC2)nc1)NCC. The van der Waals surface area contributed by atoms with E-state index < -0.39 is 0 Å². The third-order valence-electron chi connectivity index (χ3n) is 4.26. The predicted molar refractivity (Wildman–Crippen MR) is 102 cm³/mol. The molecular weight excluding hydrogens is 300 g/mol. The molecule has 1 aliphatic heterocycles. The largest absolute Gasteiger partial charge is 0.357 e. The molecule has 0 saturated carbocycles. The van der Waals surface area contributed by atoms with Gasteiger partial charge in [-0.2, -0.15) is 0 Å². The van der Waals surface area contributed by atoms with Gasteiger partial charge in [0, 0.05) is 45.5 Å². The summed E-state index contributed by atoms with van der Waals surface area (Å²) >= 11 is 0. The summed E-state index contributed by atoms with van der Waals surface area (Å²) in [5.41, 5.74) is 1.14. The van der Waals surface area contributed by atoms with Gasteiger partial charge in [-0.3, -0.25) is 0 Å². The lowest BCUT2D eigenvalue weighted by molar-refractivity contribution is 0.270. The van der Waals surface area contributed by atoms with Crippen molar-refractivity contribution in [2.75, 3.05) is 50.7 Å². The van der Waals surface area contributed by atoms with Gasteiger partial charge < -0.3 is 20.4 Å². The molecule has 0 radical (unpaired) electrons. The summed E-state index contributed by atoms with van der Waals surface area (Å²) in [5.74, 6) is 1.95. The minimum absolute atomic E-state index is 0.649. The summed E-state index contributed by atoms with van der Waals surface area (Å²) in [6, 6.07) is 4.26. The molecule has 1 aromatic rings. The Bertz CT molecular complexity index is 491. The molecule has 1 saturated heterocycles. The maximum Gasteiger partial charge on any atom is 0.191 e. The van der Waals surface area contributed by atoms with Gasteiger partial charge in [0.1, 0.15) is 5.82 Å². The van der Waals surface area contributed by atoms with Gasteiger partial charge in [0.2, 0.25) is 0 Å². The molecule has 0 unspecified atom stereocenters. The first-order valence-corrected chi connectivity index (χ1v) is 9.21. The number of anilines is 1. The van der Waals surface area contributed by atoms with E-state index in [2.05, 4.69) is 63.3 Å². The van der Waals surface area contributed by atoms with Crippen LogP contribution in [0.2, 0.25) is 0 Å². The Kier molecular flexibility index (Phi) is 7.82. The van der Waals surface area contributed by atoms with Crippen molar-refractivity contribution in [3.05, 3.63) is 23.9 Å². The van der Waals surface area contributed by atoms with Gasteiger partial charge >= 0.3 is 0 Å². The first-order valence-electron chi connectivity index (χ1n) is 9.21. The third-order valence-corrected chi connectivity index (χ3v) is 4.26. The topological polar surface area (TPSA) is 55.8 Å². The quantitative estimate of drug-likeness (QED) is 0.588. The smallest absolute Gasteiger partial charge is 0.191 e. The lowest BCUT2D eigenvalue weighted by Gasteiger charge is -2.34. The van der Waals surface area contributed by atoms with Crippen LogP contribution in [0.15, 0.2) is 23.3 Å². The molecule has 6 nitrogen and oxygen atoms in total. The summed E-state index contributed by atoms with van der Waals surface area (Å²) in [5, 5.41) is 6.58. The Morgan fingerprint density at radius 3 is 2.50 bits per heavy atom. The van der Waals surface area contributed by atoms with Gasteiger partial charge in [0.15, 0.2) is 5.96 Å². The van der Waals surface area contributed by atoms with Gasteiger partial charge in [-0.25, -0.2) is 9.98 Å². The van der Waals surface area contributed by atoms with Crippen molar-refractivity contribution >= 4 is 11.8 Å². The number of hydrogen-bond acceptors (Lipinski definition) is 4. The van der Waals surface area contributed by atoms with Crippen molar-refractivity contribution in [3.63, 3.8) is 0 Å². The van der Waals surface area contributed by atoms with Gasteiger partial charge in [0.25, 0.3) is 0 Å². The number of rotatable bonds is 7. The Morgan fingerprint density at radius 1 is 1.12 bits per heavy atom. The van der Waals surface area contributed by atoms with Crippen LogP contribution < -0.4 is 15.5 Å². The molecule has 0 bridgehead atoms. The van der Waals surface area contributed by atoms with E-state index in [9.17, 15) is 0 Å². The van der Waals surface area contributed by atoms with E-state index in [1.54, 1.807) is 0 Å². The number of nitrogens with zero attached hydrogens (tertiary/aromatic N) is 4. The van der Waals surface area contributed by atoms with Crippen molar-refractivity contribution in [1.82, 2.24) is 20.5 Å². The number of guanidine groups is 1. The predicted octanol–water partition coefficient (Wildman–Crippen LogP) is 1.69. The normalized spacial score (nSPS) is 16.3. The molecule has 134 valence electrons. The van der Waals surface area contributed by atoms with Gasteiger partial charge in [0.05, 0.1) is 6.54 Å². The van der Waals surface area contributed by atoms with Crippen molar-refractivity contribution in [1.29, 1.82) is 0 Å². The Hall–Kier alpha value is -1.82. The fourth-order valence-electron chi connectivity index (χ4n) is 2.75. The maximum atomic E-state index is 4.64. The average Bonchev–Trinajstić information content (AvgIpc) is 2.64. The summed E-state index contributed by atoms with van der Waals surface area (Å²) < 4.78 is 0. The van der Waals surface area contributed by atoms with Crippen LogP contribution in [0.25, 0.3) is 0 Å². The highest BCUT2D eigenvalue weighted by Crippen LogP contribution is 2.14. The molecule has 0 aliphatic carbocycles. The standard InChI is InChI=1S/C18H32N6/c1-4-9-20-18(19-5-2)22-15-16-7-8-17(21-14-16)24-12-10-23(6-3)11-13-24/h7-8,14H,4-6,9-13,15H2,1-3H3,(H2,19,20,22). The molecule has 0 amide bonds. The number of hydrogen-bond donors (Lipinski definition) is 2. The van der Waals surface area contributed by atoms with Crippen molar-refractivity contribution in [2.24, 2.45) is 4.99 Å². The summed E-state index contributed by atoms with van der Waals surface area (Å²) in [4.78, 5) is 14.1. The van der Waals surface area contributed by atoms with Crippen LogP contribution in [-0.4, -0.2) is 61.7 Å². The highest BCUT2D eigenvalue weighted by Gasteiger charge is 2.16. The molecule has 0 atom stereocenters. The van der Waals surface area contributed by atoms with E-state index in [-0.39, 0.29) is 0 Å². The van der Waals surface area contributed by atoms with E-state index in [4.69, 9.17) is 0 Å². The highest BCUT2D eigenvalue weighted by atomic mass is 15.3. The van der Waals surface area contributed by atoms with Crippen molar-refractivity contribution in [3.8, 4) is 0 Å². The second-order valence-electron chi connectivity index (χ2n) is 6.07. The van der Waals surface area contributed by atoms with Crippen LogP contribution in [-0.2, 0) is 6.54 Å². The fourth-order valence-corrected chi connectivity index (χ4v) is 2.75. The molecule has 0 aromatic carbocycles. The van der Waals surface area contributed by atoms with Crippen LogP contribution in [0.5, 0.6) is 0 Å². The van der Waals surface area contributed by atoms with Gasteiger partial charge in [-0.1, -0.05) is 19.9 Å². The Morgan fingerprint density at radius 2 is 1.92 bits per heavy atom. The van der Waals surface area contributed by atoms with Crippen molar-refractivity contribution in [2.45, 2.75) is 33.7 Å². The summed E-state index contributed by atoms with van der Waals surface area (Å²) in [6.45, 7) is 14.4. The monoisotopic (exact) mass is 332 g/mol. The zero-order valence-electron chi connectivity index (χ0n) is 15.4. The lowest BCUT2D eigenvalue weighted by atomic mass is 10.2. The molecule has 6 heteroatoms. The Balaban J connectivity index is 1.89. The summed E-state index contributed by atoms with van der Waals surface area (Å²) in [6.07, 6.45) is 3.04. The number of nitrogens with one attached hydrogen (secondary N) is 2. The minimum atomic E-state index is 0.649. The van der Waals surface area contributed by atoms with Crippen molar-refractivity contribution < 1.29 is 0 Å². The number of likely N-dealkylation sites (N-methyl/N-ethyl adjacent to an activating group) is 1. The number of aromatic nitrogens is 1. The molecule has 0 spiro atoms. The van der Waals surface area contributed by atoms with Crippen LogP contribution in [0.1, 0.15) is 32.8 Å². The molecule has 2 heterocycles. The lowest BCUT2D eigenvalue weighted by Crippen LogP contribution is -2.46. The molecule has 1 fully saturated rings. The van der Waals surface area contributed by atoms with Gasteiger partial charge in [-0.05, 0) is 31.5 Å². The number of aliphatic imine (C=N–C) groups is 1. The fraction of sp³-hybridized carbons (Fsp3) is 0.667. The first-order chi connectivity index (χ1) is 11.8. The van der Waals surface area contributed by atoms with E-state index in [1.165, 1.54) is 0 Å². The van der Waals surface area contributed by atoms with Gasteiger partial charge in [-0.15, -0.1) is 0 Å². The molecule has 2 rings (SSSR count). The van der Waals surface area contributed by atoms with E-state index in [1.807, 2.05) is 6.20 Å². The van der Waals surface area contributed by atoms with E-state index in [0.29, 0.717) is 6.54 Å². The molecule has 2 N–H and O–H groups in total. The zero-order chi connectivity index (χ0) is 17.2. The molecule has 1 aliphatic rings. The van der Waals surface area contributed by atoms with E-state index >= 15 is 0 Å². The molecule has 1 aromatic heterocycles. The average molecular weight is 332 g/mol. The number of pyridine rings is 1. The van der Waals surface area contributed by atoms with E-state index in [0.717, 1.165) is 69.6 Å². The van der Waals surface area contributed by atoms with Crippen LogP contribution in [0.3, 0.4) is 0 Å². The Labute approximate surface area is 146 Å². The van der Waals surface area contributed by atoms with Crippen LogP contribution in [0, 0.1) is 0 Å². The second kappa shape index (κ2) is 10.1. The zero-order valence-corrected chi connectivity index (χ0v) is 15.4. The molecular formula is C18H32N6. The second-order valence-corrected chi connectivity index (χ2v) is 6.07. The van der Waals surface area contributed by atoms with Crippen LogP contribution in [0.4, 0.5) is 5.82 Å². The molecule has 24 heavy (non-hydrogen) atoms. The van der Waals surface area contributed by atoms with Crippen LogP contribution >= 0.6 is 0 Å².